The maximum absolute atomic E-state index is 10.1. The maximum atomic E-state index is 10.1. The van der Waals surface area contributed by atoms with Gasteiger partial charge in [-0.2, -0.15) is 15.2 Å². The first-order chi connectivity index (χ1) is 25.9. The number of aromatic nitrogens is 4. The Hall–Kier alpha value is -5.99. The van der Waals surface area contributed by atoms with E-state index < -0.39 is 6.10 Å². The van der Waals surface area contributed by atoms with Crippen LogP contribution < -0.4 is 14.2 Å². The molecule has 0 amide bonds. The highest BCUT2D eigenvalue weighted by atomic mass is 16.5. The number of aliphatic hydroxyl groups excluding tert-OH is 1. The second-order valence-electron chi connectivity index (χ2n) is 13.1. The molecule has 2 aliphatic rings. The van der Waals surface area contributed by atoms with Crippen LogP contribution >= 0.6 is 0 Å². The van der Waals surface area contributed by atoms with Crippen LogP contribution in [0.3, 0.4) is 0 Å². The zero-order chi connectivity index (χ0) is 36.9. The van der Waals surface area contributed by atoms with E-state index in [1.807, 2.05) is 82.3 Å². The molecule has 2 aromatic heterocycles. The minimum atomic E-state index is -0.411. The number of rotatable bonds is 10. The minimum Gasteiger partial charge on any atom is -0.490 e. The molecule has 2 aliphatic carbocycles. The SMILES string of the molecule is CC(C)Oc1ccc(-c2nc(-c3cccc4c3CCC4)no2)cc1C#N.CCOc1ccc(-c2nc(-c3cccc4c3CC[C@H]4O)no2)cc1OCC. The Balaban J connectivity index is 0.000000164. The van der Waals surface area contributed by atoms with Gasteiger partial charge in [0.25, 0.3) is 11.8 Å². The molecule has 0 radical (unpaired) electrons. The summed E-state index contributed by atoms with van der Waals surface area (Å²) in [5.41, 5.74) is 8.63. The van der Waals surface area contributed by atoms with Crippen molar-refractivity contribution in [1.29, 1.82) is 5.26 Å². The molecule has 1 atom stereocenters. The molecule has 8 rings (SSSR count). The largest absolute Gasteiger partial charge is 0.490 e. The fraction of sp³-hybridized carbons (Fsp3) is 0.310. The summed E-state index contributed by atoms with van der Waals surface area (Å²) in [5, 5.41) is 27.8. The number of nitrogens with zero attached hydrogens (tertiary/aromatic N) is 5. The summed E-state index contributed by atoms with van der Waals surface area (Å²) >= 11 is 0. The van der Waals surface area contributed by atoms with Crippen LogP contribution in [0.15, 0.2) is 81.8 Å². The Bertz CT molecular complexity index is 2270. The maximum Gasteiger partial charge on any atom is 0.258 e. The number of ether oxygens (including phenoxy) is 3. The fourth-order valence-electron chi connectivity index (χ4n) is 6.86. The van der Waals surface area contributed by atoms with E-state index in [-0.39, 0.29) is 6.10 Å². The van der Waals surface area contributed by atoms with Gasteiger partial charge in [-0.1, -0.05) is 46.7 Å². The standard InChI is InChI=1S/C21H19N3O2.C21H22N2O4/c1-13(2)25-19-10-9-15(11-16(19)12-22)21-23-20(24-26-21)18-8-4-6-14-5-3-7-17(14)18;1-3-25-18-11-8-13(12-19(18)26-4-2)21-22-20(23-27-21)16-7-5-6-15-14(16)9-10-17(15)24/h4,6,8-11,13H,3,5,7H2,1-2H3;5-8,11-12,17,24H,3-4,9-10H2,1-2H3/t;17-/m.1/s1. The molecule has 270 valence electrons. The van der Waals surface area contributed by atoms with Crippen molar-refractivity contribution in [3.05, 3.63) is 101 Å². The third-order valence-electron chi connectivity index (χ3n) is 9.22. The van der Waals surface area contributed by atoms with E-state index in [1.54, 1.807) is 12.1 Å². The van der Waals surface area contributed by atoms with Gasteiger partial charge in [0, 0.05) is 22.3 Å². The molecule has 4 aromatic carbocycles. The molecule has 11 heteroatoms. The van der Waals surface area contributed by atoms with Gasteiger partial charge in [-0.3, -0.25) is 0 Å². The summed E-state index contributed by atoms with van der Waals surface area (Å²) in [4.78, 5) is 9.14. The number of hydrogen-bond donors (Lipinski definition) is 1. The van der Waals surface area contributed by atoms with Crippen molar-refractivity contribution in [2.75, 3.05) is 13.2 Å². The predicted molar refractivity (Wildman–Crippen MR) is 198 cm³/mol. The molecule has 0 fully saturated rings. The number of aryl methyl sites for hydroxylation is 1. The van der Waals surface area contributed by atoms with Gasteiger partial charge in [-0.15, -0.1) is 0 Å². The highest BCUT2D eigenvalue weighted by Crippen LogP contribution is 2.38. The number of benzene rings is 4. The summed E-state index contributed by atoms with van der Waals surface area (Å²) in [6.07, 6.45) is 4.46. The molecule has 1 N–H and O–H groups in total. The highest BCUT2D eigenvalue weighted by molar-refractivity contribution is 5.68. The summed E-state index contributed by atoms with van der Waals surface area (Å²) < 4.78 is 27.9. The molecule has 0 bridgehead atoms. The van der Waals surface area contributed by atoms with Gasteiger partial charge < -0.3 is 28.4 Å². The topological polar surface area (TPSA) is 150 Å². The van der Waals surface area contributed by atoms with Gasteiger partial charge in [0.2, 0.25) is 11.6 Å². The van der Waals surface area contributed by atoms with E-state index in [1.165, 1.54) is 17.5 Å². The van der Waals surface area contributed by atoms with E-state index in [9.17, 15) is 10.4 Å². The molecule has 53 heavy (non-hydrogen) atoms. The van der Waals surface area contributed by atoms with Crippen molar-refractivity contribution in [3.8, 4) is 69.0 Å². The van der Waals surface area contributed by atoms with Crippen LogP contribution in [-0.4, -0.2) is 44.7 Å². The Morgan fingerprint density at radius 2 is 1.42 bits per heavy atom. The third-order valence-corrected chi connectivity index (χ3v) is 9.22. The van der Waals surface area contributed by atoms with Crippen LogP contribution in [0.1, 0.15) is 74.5 Å². The van der Waals surface area contributed by atoms with Gasteiger partial charge in [0.15, 0.2) is 11.5 Å². The minimum absolute atomic E-state index is 0.00290. The first kappa shape index (κ1) is 35.4. The van der Waals surface area contributed by atoms with Crippen molar-refractivity contribution in [1.82, 2.24) is 20.3 Å². The van der Waals surface area contributed by atoms with E-state index in [4.69, 9.17) is 23.3 Å². The number of nitriles is 1. The molecule has 2 heterocycles. The monoisotopic (exact) mass is 711 g/mol. The van der Waals surface area contributed by atoms with Crippen LogP contribution in [0.2, 0.25) is 0 Å². The molecule has 0 aliphatic heterocycles. The van der Waals surface area contributed by atoms with Crippen LogP contribution in [0, 0.1) is 11.3 Å². The lowest BCUT2D eigenvalue weighted by molar-refractivity contribution is 0.180. The van der Waals surface area contributed by atoms with Crippen molar-refractivity contribution < 1.29 is 28.4 Å². The van der Waals surface area contributed by atoms with Crippen LogP contribution in [0.25, 0.3) is 45.7 Å². The van der Waals surface area contributed by atoms with Gasteiger partial charge in [-0.25, -0.2) is 0 Å². The third kappa shape index (κ3) is 7.50. The average Bonchev–Trinajstić information content (AvgIpc) is 4.00. The number of fused-ring (bicyclic) bond motifs is 2. The predicted octanol–water partition coefficient (Wildman–Crippen LogP) is 8.73. The van der Waals surface area contributed by atoms with Crippen molar-refractivity contribution in [2.24, 2.45) is 0 Å². The van der Waals surface area contributed by atoms with Crippen LogP contribution in [0.4, 0.5) is 0 Å². The van der Waals surface area contributed by atoms with Crippen LogP contribution in [0.5, 0.6) is 17.2 Å². The normalized spacial score (nSPS) is 14.2. The van der Waals surface area contributed by atoms with Gasteiger partial charge in [0.1, 0.15) is 11.8 Å². The molecule has 11 nitrogen and oxygen atoms in total. The second kappa shape index (κ2) is 15.7. The molecular formula is C42H41N5O6. The lowest BCUT2D eigenvalue weighted by Gasteiger charge is -2.11. The second-order valence-corrected chi connectivity index (χ2v) is 13.1. The van der Waals surface area contributed by atoms with E-state index in [0.717, 1.165) is 53.5 Å². The number of hydrogen-bond acceptors (Lipinski definition) is 11. The molecule has 6 aromatic rings. The average molecular weight is 712 g/mol. The lowest BCUT2D eigenvalue weighted by atomic mass is 10.0. The van der Waals surface area contributed by atoms with E-state index >= 15 is 0 Å². The molecule has 0 spiro atoms. The summed E-state index contributed by atoms with van der Waals surface area (Å²) in [6, 6.07) is 25.2. The first-order valence-corrected chi connectivity index (χ1v) is 18.1. The van der Waals surface area contributed by atoms with Gasteiger partial charge >= 0.3 is 0 Å². The Labute approximate surface area is 308 Å². The quantitative estimate of drug-likeness (QED) is 0.145. The highest BCUT2D eigenvalue weighted by Gasteiger charge is 2.25. The Morgan fingerprint density at radius 3 is 2.09 bits per heavy atom. The van der Waals surface area contributed by atoms with Gasteiger partial charge in [0.05, 0.1) is 31.0 Å². The molecule has 0 saturated carbocycles. The van der Waals surface area contributed by atoms with Crippen LogP contribution in [-0.2, 0) is 19.3 Å². The zero-order valence-electron chi connectivity index (χ0n) is 30.3. The molecule has 0 saturated heterocycles. The summed E-state index contributed by atoms with van der Waals surface area (Å²) in [6.45, 7) is 8.82. The fourth-order valence-corrected chi connectivity index (χ4v) is 6.86. The molecule has 0 unspecified atom stereocenters. The summed E-state index contributed by atoms with van der Waals surface area (Å²) in [7, 11) is 0. The van der Waals surface area contributed by atoms with Crippen molar-refractivity contribution in [2.45, 2.75) is 72.0 Å². The lowest BCUT2D eigenvalue weighted by Crippen LogP contribution is -2.06. The Morgan fingerprint density at radius 1 is 0.774 bits per heavy atom. The number of aliphatic hydroxyl groups is 1. The van der Waals surface area contributed by atoms with Crippen molar-refractivity contribution in [3.63, 3.8) is 0 Å². The van der Waals surface area contributed by atoms with E-state index in [2.05, 4.69) is 32.4 Å². The smallest absolute Gasteiger partial charge is 0.258 e. The molecular weight excluding hydrogens is 670 g/mol. The summed E-state index contributed by atoms with van der Waals surface area (Å²) in [5.74, 6) is 3.86. The Kier molecular flexibility index (Phi) is 10.5. The first-order valence-electron chi connectivity index (χ1n) is 18.1. The zero-order valence-corrected chi connectivity index (χ0v) is 30.3. The van der Waals surface area contributed by atoms with Gasteiger partial charge in [-0.05, 0) is 118 Å². The van der Waals surface area contributed by atoms with E-state index in [0.29, 0.717) is 65.0 Å². The van der Waals surface area contributed by atoms with Crippen molar-refractivity contribution >= 4 is 0 Å².